The van der Waals surface area contributed by atoms with Crippen LogP contribution in [-0.4, -0.2) is 18.2 Å². The van der Waals surface area contributed by atoms with E-state index in [0.717, 1.165) is 41.1 Å². The molecule has 2 aromatic carbocycles. The zero-order valence-corrected chi connectivity index (χ0v) is 16.0. The Kier molecular flexibility index (Phi) is 5.11. The van der Waals surface area contributed by atoms with Gasteiger partial charge in [-0.25, -0.2) is 0 Å². The first-order valence-corrected chi connectivity index (χ1v) is 9.75. The lowest BCUT2D eigenvalue weighted by Crippen LogP contribution is -2.27. The molecule has 3 aromatic rings. The molecule has 4 rings (SSSR count). The Morgan fingerprint density at radius 2 is 1.82 bits per heavy atom. The molecule has 0 radical (unpaired) electrons. The molecule has 0 fully saturated rings. The number of benzene rings is 2. The summed E-state index contributed by atoms with van der Waals surface area (Å²) < 4.78 is 5.29. The molecular weight excluding hydrogens is 350 g/mol. The number of anilines is 1. The summed E-state index contributed by atoms with van der Waals surface area (Å²) in [5.74, 6) is 1.12. The molecule has 1 aliphatic heterocycles. The molecule has 1 amide bonds. The Morgan fingerprint density at radius 1 is 1.04 bits per heavy atom. The predicted octanol–water partition coefficient (Wildman–Crippen LogP) is 5.06. The summed E-state index contributed by atoms with van der Waals surface area (Å²) >= 11 is 0. The molecule has 1 aliphatic rings. The molecule has 0 bridgehead atoms. The lowest BCUT2D eigenvalue weighted by Gasteiger charge is -2.16. The summed E-state index contributed by atoms with van der Waals surface area (Å²) in [5.41, 5.74) is 5.14. The van der Waals surface area contributed by atoms with Crippen LogP contribution in [0.5, 0.6) is 0 Å². The van der Waals surface area contributed by atoms with Crippen LogP contribution in [0.2, 0.25) is 0 Å². The SMILES string of the molecule is CCC(=O)N1CCc2cc(-c3ccc(C(=O)CCc4ccco4)cc3)ccc21. The zero-order chi connectivity index (χ0) is 19.5. The third kappa shape index (κ3) is 3.63. The van der Waals surface area contributed by atoms with Crippen LogP contribution in [0.3, 0.4) is 0 Å². The van der Waals surface area contributed by atoms with E-state index in [1.54, 1.807) is 6.26 Å². The van der Waals surface area contributed by atoms with E-state index < -0.39 is 0 Å². The third-order valence-corrected chi connectivity index (χ3v) is 5.30. The maximum atomic E-state index is 12.4. The van der Waals surface area contributed by atoms with Crippen molar-refractivity contribution in [3.63, 3.8) is 0 Å². The number of carbonyl (C=O) groups is 2. The summed E-state index contributed by atoms with van der Waals surface area (Å²) in [6.45, 7) is 2.65. The molecule has 0 saturated carbocycles. The molecule has 28 heavy (non-hydrogen) atoms. The van der Waals surface area contributed by atoms with Gasteiger partial charge in [-0.3, -0.25) is 9.59 Å². The second-order valence-corrected chi connectivity index (χ2v) is 7.07. The van der Waals surface area contributed by atoms with E-state index in [0.29, 0.717) is 19.3 Å². The minimum atomic E-state index is 0.116. The van der Waals surface area contributed by atoms with Crippen LogP contribution < -0.4 is 4.90 Å². The number of carbonyl (C=O) groups excluding carboxylic acids is 2. The predicted molar refractivity (Wildman–Crippen MR) is 110 cm³/mol. The van der Waals surface area contributed by atoms with Crippen molar-refractivity contribution in [1.82, 2.24) is 0 Å². The molecular formula is C24H23NO3. The molecule has 0 saturated heterocycles. The number of hydrogen-bond donors (Lipinski definition) is 0. The van der Waals surface area contributed by atoms with Crippen molar-refractivity contribution in [3.8, 4) is 11.1 Å². The van der Waals surface area contributed by atoms with E-state index in [4.69, 9.17) is 4.42 Å². The fourth-order valence-corrected chi connectivity index (χ4v) is 3.72. The van der Waals surface area contributed by atoms with Crippen LogP contribution in [0.15, 0.2) is 65.3 Å². The molecule has 0 unspecified atom stereocenters. The van der Waals surface area contributed by atoms with Crippen molar-refractivity contribution in [2.45, 2.75) is 32.6 Å². The number of rotatable bonds is 6. The van der Waals surface area contributed by atoms with Crippen molar-refractivity contribution in [1.29, 1.82) is 0 Å². The number of Topliss-reactive ketones (excluding diaryl/α,β-unsaturated/α-hetero) is 1. The molecule has 1 aromatic heterocycles. The van der Waals surface area contributed by atoms with Crippen molar-refractivity contribution in [2.75, 3.05) is 11.4 Å². The molecule has 0 N–H and O–H groups in total. The first-order valence-electron chi connectivity index (χ1n) is 9.75. The number of amides is 1. The second kappa shape index (κ2) is 7.85. The van der Waals surface area contributed by atoms with Gasteiger partial charge in [0.2, 0.25) is 5.91 Å². The highest BCUT2D eigenvalue weighted by Crippen LogP contribution is 2.32. The van der Waals surface area contributed by atoms with Crippen LogP contribution >= 0.6 is 0 Å². The summed E-state index contributed by atoms with van der Waals surface area (Å²) in [7, 11) is 0. The Hall–Kier alpha value is -3.14. The van der Waals surface area contributed by atoms with Crippen molar-refractivity contribution >= 4 is 17.4 Å². The average molecular weight is 373 g/mol. The molecule has 4 heteroatoms. The van der Waals surface area contributed by atoms with Crippen LogP contribution in [0, 0.1) is 0 Å². The van der Waals surface area contributed by atoms with Gasteiger partial charge in [-0.2, -0.15) is 0 Å². The van der Waals surface area contributed by atoms with Gasteiger partial charge in [0.05, 0.1) is 6.26 Å². The van der Waals surface area contributed by atoms with E-state index in [-0.39, 0.29) is 11.7 Å². The molecule has 4 nitrogen and oxygen atoms in total. The van der Waals surface area contributed by atoms with Crippen molar-refractivity contribution in [3.05, 3.63) is 77.7 Å². The van der Waals surface area contributed by atoms with Crippen molar-refractivity contribution < 1.29 is 14.0 Å². The van der Waals surface area contributed by atoms with Gasteiger partial charge < -0.3 is 9.32 Å². The second-order valence-electron chi connectivity index (χ2n) is 7.07. The van der Waals surface area contributed by atoms with E-state index in [2.05, 4.69) is 6.07 Å². The topological polar surface area (TPSA) is 50.5 Å². The Labute approximate surface area is 164 Å². The fraction of sp³-hybridized carbons (Fsp3) is 0.250. The standard InChI is InChI=1S/C24H23NO3/c1-2-24(27)25-14-13-20-16-19(9-11-22(20)25)17-5-7-18(8-6-17)23(26)12-10-21-4-3-15-28-21/h3-9,11,15-16H,2,10,12-14H2,1H3. The van der Waals surface area contributed by atoms with E-state index in [1.807, 2.05) is 60.4 Å². The van der Waals surface area contributed by atoms with Gasteiger partial charge in [0.15, 0.2) is 5.78 Å². The van der Waals surface area contributed by atoms with Gasteiger partial charge >= 0.3 is 0 Å². The zero-order valence-electron chi connectivity index (χ0n) is 16.0. The maximum absolute atomic E-state index is 12.4. The maximum Gasteiger partial charge on any atom is 0.226 e. The molecule has 0 aliphatic carbocycles. The number of nitrogens with zero attached hydrogens (tertiary/aromatic N) is 1. The van der Waals surface area contributed by atoms with Crippen LogP contribution in [0.1, 0.15) is 41.4 Å². The highest BCUT2D eigenvalue weighted by molar-refractivity contribution is 5.97. The Balaban J connectivity index is 1.47. The highest BCUT2D eigenvalue weighted by Gasteiger charge is 2.23. The van der Waals surface area contributed by atoms with Crippen molar-refractivity contribution in [2.24, 2.45) is 0 Å². The number of hydrogen-bond acceptors (Lipinski definition) is 3. The minimum absolute atomic E-state index is 0.116. The quantitative estimate of drug-likeness (QED) is 0.568. The van der Waals surface area contributed by atoms with Crippen LogP contribution in [-0.2, 0) is 17.6 Å². The lowest BCUT2D eigenvalue weighted by molar-refractivity contribution is -0.118. The van der Waals surface area contributed by atoms with Gasteiger partial charge in [-0.1, -0.05) is 37.3 Å². The average Bonchev–Trinajstić information content (AvgIpc) is 3.41. The number of aryl methyl sites for hydroxylation is 1. The first kappa shape index (κ1) is 18.2. The number of fused-ring (bicyclic) bond motifs is 1. The minimum Gasteiger partial charge on any atom is -0.469 e. The Bertz CT molecular complexity index is 987. The molecule has 142 valence electrons. The molecule has 0 atom stereocenters. The molecule has 0 spiro atoms. The van der Waals surface area contributed by atoms with Crippen LogP contribution in [0.25, 0.3) is 11.1 Å². The first-order chi connectivity index (χ1) is 13.7. The normalized spacial score (nSPS) is 12.8. The van der Waals surface area contributed by atoms with E-state index in [1.165, 1.54) is 5.56 Å². The summed E-state index contributed by atoms with van der Waals surface area (Å²) in [6, 6.07) is 17.7. The smallest absolute Gasteiger partial charge is 0.226 e. The van der Waals surface area contributed by atoms with E-state index >= 15 is 0 Å². The highest BCUT2D eigenvalue weighted by atomic mass is 16.3. The molecule has 2 heterocycles. The largest absolute Gasteiger partial charge is 0.469 e. The number of furan rings is 1. The van der Waals surface area contributed by atoms with Gasteiger partial charge in [0.25, 0.3) is 0 Å². The van der Waals surface area contributed by atoms with Gasteiger partial charge in [-0.15, -0.1) is 0 Å². The monoisotopic (exact) mass is 373 g/mol. The lowest BCUT2D eigenvalue weighted by atomic mass is 9.98. The summed E-state index contributed by atoms with van der Waals surface area (Å²) in [6.07, 6.45) is 4.09. The summed E-state index contributed by atoms with van der Waals surface area (Å²) in [4.78, 5) is 26.3. The van der Waals surface area contributed by atoms with Gasteiger partial charge in [0.1, 0.15) is 5.76 Å². The van der Waals surface area contributed by atoms with E-state index in [9.17, 15) is 9.59 Å². The third-order valence-electron chi connectivity index (χ3n) is 5.30. The Morgan fingerprint density at radius 3 is 2.54 bits per heavy atom. The van der Waals surface area contributed by atoms with Gasteiger partial charge in [0, 0.05) is 37.1 Å². The van der Waals surface area contributed by atoms with Crippen LogP contribution in [0.4, 0.5) is 5.69 Å². The van der Waals surface area contributed by atoms with Gasteiger partial charge in [-0.05, 0) is 47.4 Å². The number of ketones is 1. The fourth-order valence-electron chi connectivity index (χ4n) is 3.72. The summed E-state index contributed by atoms with van der Waals surface area (Å²) in [5, 5.41) is 0.